The molecule has 2 heterocycles. The van der Waals surface area contributed by atoms with E-state index >= 15 is 0 Å². The third kappa shape index (κ3) is 9.30. The third-order valence-corrected chi connectivity index (χ3v) is 6.62. The van der Waals surface area contributed by atoms with Gasteiger partial charge < -0.3 is 34.1 Å². The summed E-state index contributed by atoms with van der Waals surface area (Å²) in [4.78, 5) is 12.1. The Bertz CT molecular complexity index is 760. The molecule has 0 bridgehead atoms. The quantitative estimate of drug-likeness (QED) is 0.292. The number of hydrogen-bond acceptors (Lipinski definition) is 7. The van der Waals surface area contributed by atoms with Gasteiger partial charge in [-0.25, -0.2) is 4.79 Å². The minimum Gasteiger partial charge on any atom is -0.410 e. The van der Waals surface area contributed by atoms with Crippen molar-refractivity contribution < 1.29 is 33.6 Å². The van der Waals surface area contributed by atoms with E-state index in [2.05, 4.69) is 12.2 Å². The Labute approximate surface area is 216 Å². The molecule has 1 amide bonds. The second kappa shape index (κ2) is 14.9. The molecule has 5 atom stereocenters. The maximum atomic E-state index is 12.1. The Morgan fingerprint density at radius 3 is 2.25 bits per heavy atom. The van der Waals surface area contributed by atoms with Gasteiger partial charge in [-0.15, -0.1) is 0 Å². The number of carbonyl (C=O) groups excluding carboxylic acids is 1. The molecule has 1 aromatic rings. The van der Waals surface area contributed by atoms with Crippen LogP contribution in [0.3, 0.4) is 0 Å². The first-order valence-electron chi connectivity index (χ1n) is 13.7. The number of fused-ring (bicyclic) bond motifs is 1. The SMILES string of the molecule is CCCCCCCCCCCCO[C@H]1O[C@H]([C@H](O)CNC(=O)Oc2ccccc2)[C@@H]2OC(C)(C)O[C@H]12. The van der Waals surface area contributed by atoms with Gasteiger partial charge in [0.1, 0.15) is 30.2 Å². The van der Waals surface area contributed by atoms with E-state index in [1.807, 2.05) is 19.9 Å². The summed E-state index contributed by atoms with van der Waals surface area (Å²) < 4.78 is 29.3. The summed E-state index contributed by atoms with van der Waals surface area (Å²) in [7, 11) is 0. The Hall–Kier alpha value is -1.71. The monoisotopic (exact) mass is 507 g/mol. The van der Waals surface area contributed by atoms with Crippen molar-refractivity contribution in [1.29, 1.82) is 0 Å². The van der Waals surface area contributed by atoms with E-state index < -0.39 is 42.6 Å². The zero-order valence-corrected chi connectivity index (χ0v) is 22.2. The van der Waals surface area contributed by atoms with Gasteiger partial charge >= 0.3 is 6.09 Å². The molecular weight excluding hydrogens is 462 g/mol. The van der Waals surface area contributed by atoms with Crippen LogP contribution in [0.15, 0.2) is 30.3 Å². The lowest BCUT2D eigenvalue weighted by Gasteiger charge is -2.26. The number of aliphatic hydroxyl groups excluding tert-OH is 1. The van der Waals surface area contributed by atoms with E-state index in [0.717, 1.165) is 12.8 Å². The summed E-state index contributed by atoms with van der Waals surface area (Å²) in [5.41, 5.74) is 0. The molecule has 0 unspecified atom stereocenters. The summed E-state index contributed by atoms with van der Waals surface area (Å²) in [6.07, 6.45) is 8.70. The highest BCUT2D eigenvalue weighted by molar-refractivity contribution is 5.70. The summed E-state index contributed by atoms with van der Waals surface area (Å²) in [6, 6.07) is 8.76. The first kappa shape index (κ1) is 28.9. The van der Waals surface area contributed by atoms with E-state index in [0.29, 0.717) is 12.4 Å². The molecule has 0 aliphatic carbocycles. The predicted octanol–water partition coefficient (Wildman–Crippen LogP) is 5.32. The summed E-state index contributed by atoms with van der Waals surface area (Å²) in [5, 5.41) is 13.4. The Morgan fingerprint density at radius 2 is 1.58 bits per heavy atom. The molecular formula is C28H45NO7. The van der Waals surface area contributed by atoms with Crippen LogP contribution in [0.5, 0.6) is 5.75 Å². The molecule has 2 fully saturated rings. The van der Waals surface area contributed by atoms with E-state index in [9.17, 15) is 9.90 Å². The highest BCUT2D eigenvalue weighted by Crippen LogP contribution is 2.40. The summed E-state index contributed by atoms with van der Waals surface area (Å²) in [6.45, 7) is 6.44. The Morgan fingerprint density at radius 1 is 0.972 bits per heavy atom. The number of hydrogen-bond donors (Lipinski definition) is 2. The number of benzene rings is 1. The normalized spacial score (nSPS) is 25.4. The molecule has 3 rings (SSSR count). The largest absolute Gasteiger partial charge is 0.412 e. The highest BCUT2D eigenvalue weighted by Gasteiger charge is 2.57. The smallest absolute Gasteiger partial charge is 0.410 e. The molecule has 1 aromatic carbocycles. The van der Waals surface area contributed by atoms with Crippen molar-refractivity contribution in [2.75, 3.05) is 13.2 Å². The number of amides is 1. The minimum absolute atomic E-state index is 0.0471. The van der Waals surface area contributed by atoms with E-state index in [1.54, 1.807) is 24.3 Å². The van der Waals surface area contributed by atoms with E-state index in [4.69, 9.17) is 23.7 Å². The molecule has 8 nitrogen and oxygen atoms in total. The van der Waals surface area contributed by atoms with Crippen LogP contribution in [-0.2, 0) is 18.9 Å². The highest BCUT2D eigenvalue weighted by atomic mass is 16.8. The van der Waals surface area contributed by atoms with Crippen LogP contribution in [0.4, 0.5) is 4.79 Å². The van der Waals surface area contributed by atoms with Gasteiger partial charge in [0.15, 0.2) is 12.1 Å². The molecule has 2 aliphatic rings. The van der Waals surface area contributed by atoms with Crippen molar-refractivity contribution in [3.05, 3.63) is 30.3 Å². The number of unbranched alkanes of at least 4 members (excludes halogenated alkanes) is 9. The number of para-hydroxylation sites is 1. The number of rotatable bonds is 16. The maximum absolute atomic E-state index is 12.1. The molecule has 204 valence electrons. The van der Waals surface area contributed by atoms with Crippen LogP contribution in [0.2, 0.25) is 0 Å². The summed E-state index contributed by atoms with van der Waals surface area (Å²) >= 11 is 0. The molecule has 2 N–H and O–H groups in total. The van der Waals surface area contributed by atoms with Gasteiger partial charge in [0.2, 0.25) is 0 Å². The standard InChI is InChI=1S/C28H45NO7/c1-4-5-6-7-8-9-10-11-12-16-19-32-26-25-24(35-28(2,3)36-25)23(34-26)22(30)20-29-27(31)33-21-17-14-13-15-18-21/h13-15,17-18,22-26,30H,4-12,16,19-20H2,1-3H3,(H,29,31)/t22-,23-,24+,25+,26+/m1/s1. The van der Waals surface area contributed by atoms with Gasteiger partial charge in [0.25, 0.3) is 0 Å². The van der Waals surface area contributed by atoms with Crippen LogP contribution < -0.4 is 10.1 Å². The van der Waals surface area contributed by atoms with Crippen molar-refractivity contribution in [1.82, 2.24) is 5.32 Å². The van der Waals surface area contributed by atoms with Gasteiger partial charge in [-0.05, 0) is 32.4 Å². The van der Waals surface area contributed by atoms with Crippen LogP contribution in [0.1, 0.15) is 85.0 Å². The van der Waals surface area contributed by atoms with Crippen LogP contribution in [-0.4, -0.2) is 60.8 Å². The van der Waals surface area contributed by atoms with Crippen LogP contribution >= 0.6 is 0 Å². The van der Waals surface area contributed by atoms with Crippen molar-refractivity contribution in [2.45, 2.75) is 121 Å². The van der Waals surface area contributed by atoms with Crippen LogP contribution in [0, 0.1) is 0 Å². The zero-order valence-electron chi connectivity index (χ0n) is 22.2. The maximum Gasteiger partial charge on any atom is 0.412 e. The molecule has 0 saturated carbocycles. The van der Waals surface area contributed by atoms with Crippen molar-refractivity contribution >= 4 is 6.09 Å². The fourth-order valence-electron chi connectivity index (χ4n) is 4.76. The zero-order chi connectivity index (χ0) is 25.8. The molecule has 8 heteroatoms. The second-order valence-corrected chi connectivity index (χ2v) is 10.2. The number of aliphatic hydroxyl groups is 1. The average Bonchev–Trinajstić information content (AvgIpc) is 3.34. The van der Waals surface area contributed by atoms with Crippen LogP contribution in [0.25, 0.3) is 0 Å². The van der Waals surface area contributed by atoms with Gasteiger partial charge in [-0.2, -0.15) is 0 Å². The number of ether oxygens (including phenoxy) is 5. The average molecular weight is 508 g/mol. The Kier molecular flexibility index (Phi) is 11.9. The van der Waals surface area contributed by atoms with E-state index in [1.165, 1.54) is 51.4 Å². The molecule has 0 radical (unpaired) electrons. The van der Waals surface area contributed by atoms with Crippen molar-refractivity contribution in [3.8, 4) is 5.75 Å². The minimum atomic E-state index is -1.01. The number of nitrogens with one attached hydrogen (secondary N) is 1. The third-order valence-electron chi connectivity index (χ3n) is 6.62. The van der Waals surface area contributed by atoms with Gasteiger partial charge in [0, 0.05) is 13.2 Å². The van der Waals surface area contributed by atoms with Gasteiger partial charge in [-0.1, -0.05) is 82.9 Å². The fourth-order valence-corrected chi connectivity index (χ4v) is 4.76. The Balaban J connectivity index is 1.36. The molecule has 2 aliphatic heterocycles. The second-order valence-electron chi connectivity index (χ2n) is 10.2. The fraction of sp³-hybridized carbons (Fsp3) is 0.750. The van der Waals surface area contributed by atoms with Crippen molar-refractivity contribution in [2.24, 2.45) is 0 Å². The molecule has 2 saturated heterocycles. The lowest BCUT2D eigenvalue weighted by molar-refractivity contribution is -0.242. The van der Waals surface area contributed by atoms with Gasteiger partial charge in [0.05, 0.1) is 0 Å². The lowest BCUT2D eigenvalue weighted by atomic mass is 10.1. The first-order valence-corrected chi connectivity index (χ1v) is 13.7. The van der Waals surface area contributed by atoms with Crippen molar-refractivity contribution in [3.63, 3.8) is 0 Å². The molecule has 0 aromatic heterocycles. The van der Waals surface area contributed by atoms with E-state index in [-0.39, 0.29) is 6.54 Å². The predicted molar refractivity (Wildman–Crippen MR) is 137 cm³/mol. The first-order chi connectivity index (χ1) is 17.4. The molecule has 0 spiro atoms. The molecule has 36 heavy (non-hydrogen) atoms. The lowest BCUT2D eigenvalue weighted by Crippen LogP contribution is -2.45. The number of carbonyl (C=O) groups is 1. The van der Waals surface area contributed by atoms with Gasteiger partial charge in [-0.3, -0.25) is 0 Å². The topological polar surface area (TPSA) is 95.5 Å². The summed E-state index contributed by atoms with van der Waals surface area (Å²) in [5.74, 6) is -0.369.